The van der Waals surface area contributed by atoms with E-state index in [1.165, 1.54) is 5.57 Å². The summed E-state index contributed by atoms with van der Waals surface area (Å²) in [7, 11) is 0. The molecule has 0 spiro atoms. The molecule has 6 nitrogen and oxygen atoms in total. The molecule has 0 aliphatic carbocycles. The predicted octanol–water partition coefficient (Wildman–Crippen LogP) is 1.97. The van der Waals surface area contributed by atoms with E-state index >= 15 is 0 Å². The van der Waals surface area contributed by atoms with Gasteiger partial charge in [-0.3, -0.25) is 4.79 Å². The van der Waals surface area contributed by atoms with Crippen LogP contribution in [-0.2, 0) is 0 Å². The van der Waals surface area contributed by atoms with Gasteiger partial charge in [-0.2, -0.15) is 5.10 Å². The van der Waals surface area contributed by atoms with Crippen molar-refractivity contribution in [3.05, 3.63) is 35.2 Å². The summed E-state index contributed by atoms with van der Waals surface area (Å²) in [4.78, 5) is 17.2. The highest BCUT2D eigenvalue weighted by molar-refractivity contribution is 6.05. The van der Waals surface area contributed by atoms with Crippen LogP contribution in [0.2, 0.25) is 0 Å². The summed E-state index contributed by atoms with van der Waals surface area (Å²) in [5.41, 5.74) is 3.52. The molecule has 3 heterocycles. The molecule has 0 fully saturated rings. The van der Waals surface area contributed by atoms with Gasteiger partial charge in [0.25, 0.3) is 5.91 Å². The van der Waals surface area contributed by atoms with Crippen molar-refractivity contribution < 1.29 is 4.79 Å². The Labute approximate surface area is 136 Å². The van der Waals surface area contributed by atoms with Gasteiger partial charge in [0.2, 0.25) is 0 Å². The molecule has 0 saturated carbocycles. The molecule has 1 amide bonds. The number of rotatable bonds is 4. The van der Waals surface area contributed by atoms with Gasteiger partial charge in [-0.25, -0.2) is 9.67 Å². The van der Waals surface area contributed by atoms with Crippen molar-refractivity contribution in [1.29, 1.82) is 0 Å². The number of amides is 1. The van der Waals surface area contributed by atoms with Gasteiger partial charge < -0.3 is 10.6 Å². The molecular weight excluding hydrogens is 290 g/mol. The molecule has 6 heteroatoms. The van der Waals surface area contributed by atoms with Gasteiger partial charge in [-0.15, -0.1) is 0 Å². The van der Waals surface area contributed by atoms with Gasteiger partial charge in [0.15, 0.2) is 5.65 Å². The van der Waals surface area contributed by atoms with Gasteiger partial charge in [-0.1, -0.05) is 11.6 Å². The minimum atomic E-state index is -0.0664. The third-order valence-electron chi connectivity index (χ3n) is 4.06. The zero-order chi connectivity index (χ0) is 16.4. The number of hydrogen-bond acceptors (Lipinski definition) is 4. The molecular formula is C17H23N5O. The van der Waals surface area contributed by atoms with Crippen molar-refractivity contribution >= 4 is 16.9 Å². The minimum absolute atomic E-state index is 0.0664. The number of carbonyl (C=O) groups excluding carboxylic acids is 1. The fraction of sp³-hybridized carbons (Fsp3) is 0.471. The summed E-state index contributed by atoms with van der Waals surface area (Å²) >= 11 is 0. The Morgan fingerprint density at radius 2 is 2.30 bits per heavy atom. The highest BCUT2D eigenvalue weighted by Crippen LogP contribution is 2.21. The summed E-state index contributed by atoms with van der Waals surface area (Å²) < 4.78 is 1.86. The van der Waals surface area contributed by atoms with Crippen molar-refractivity contribution in [2.75, 3.05) is 19.6 Å². The van der Waals surface area contributed by atoms with E-state index in [1.807, 2.05) is 17.7 Å². The maximum atomic E-state index is 12.6. The number of nitrogens with zero attached hydrogens (tertiary/aromatic N) is 3. The standard InChI is InChI=1S/C17H23N5O/c1-11(2)22-16-15(10-20-22)14(8-12(3)21-16)17(23)19-9-13-4-6-18-7-5-13/h4,8,10-11,18H,5-7,9H2,1-3H3,(H,19,23). The first-order chi connectivity index (χ1) is 11.1. The highest BCUT2D eigenvalue weighted by atomic mass is 16.1. The van der Waals surface area contributed by atoms with E-state index in [4.69, 9.17) is 0 Å². The lowest BCUT2D eigenvalue weighted by Crippen LogP contribution is -2.29. The number of aromatic nitrogens is 3. The fourth-order valence-electron chi connectivity index (χ4n) is 2.83. The van der Waals surface area contributed by atoms with E-state index in [0.717, 1.165) is 36.2 Å². The molecule has 3 rings (SSSR count). The molecule has 0 radical (unpaired) electrons. The van der Waals surface area contributed by atoms with Gasteiger partial charge in [0.05, 0.1) is 17.1 Å². The summed E-state index contributed by atoms with van der Waals surface area (Å²) in [6.45, 7) is 8.47. The Morgan fingerprint density at radius 1 is 1.48 bits per heavy atom. The second kappa shape index (κ2) is 6.50. The fourth-order valence-corrected chi connectivity index (χ4v) is 2.83. The van der Waals surface area contributed by atoms with Crippen molar-refractivity contribution in [3.63, 3.8) is 0 Å². The smallest absolute Gasteiger partial charge is 0.252 e. The Morgan fingerprint density at radius 3 is 3.00 bits per heavy atom. The van der Waals surface area contributed by atoms with E-state index in [0.29, 0.717) is 12.1 Å². The average molecular weight is 313 g/mol. The quantitative estimate of drug-likeness (QED) is 0.847. The summed E-state index contributed by atoms with van der Waals surface area (Å²) in [6, 6.07) is 2.04. The molecule has 0 unspecified atom stereocenters. The molecule has 1 aliphatic rings. The maximum Gasteiger partial charge on any atom is 0.252 e. The van der Waals surface area contributed by atoms with Gasteiger partial charge in [0, 0.05) is 24.8 Å². The molecule has 0 saturated heterocycles. The van der Waals surface area contributed by atoms with E-state index in [2.05, 4.69) is 40.6 Å². The van der Waals surface area contributed by atoms with Crippen LogP contribution < -0.4 is 10.6 Å². The van der Waals surface area contributed by atoms with Crippen molar-refractivity contribution in [2.24, 2.45) is 0 Å². The topological polar surface area (TPSA) is 71.8 Å². The van der Waals surface area contributed by atoms with Crippen LogP contribution in [0.15, 0.2) is 23.9 Å². The van der Waals surface area contributed by atoms with Crippen molar-refractivity contribution in [3.8, 4) is 0 Å². The van der Waals surface area contributed by atoms with Crippen LogP contribution in [0.4, 0.5) is 0 Å². The number of carbonyl (C=O) groups is 1. The maximum absolute atomic E-state index is 12.6. The van der Waals surface area contributed by atoms with Crippen LogP contribution in [0.5, 0.6) is 0 Å². The second-order valence-corrected chi connectivity index (χ2v) is 6.23. The Kier molecular flexibility index (Phi) is 4.43. The van der Waals surface area contributed by atoms with E-state index in [1.54, 1.807) is 6.20 Å². The Balaban J connectivity index is 1.86. The lowest BCUT2D eigenvalue weighted by molar-refractivity contribution is 0.0958. The molecule has 0 atom stereocenters. The van der Waals surface area contributed by atoms with Crippen molar-refractivity contribution in [2.45, 2.75) is 33.2 Å². The number of hydrogen-bond donors (Lipinski definition) is 2. The van der Waals surface area contributed by atoms with Crippen LogP contribution in [0, 0.1) is 6.92 Å². The third-order valence-corrected chi connectivity index (χ3v) is 4.06. The van der Waals surface area contributed by atoms with Crippen molar-refractivity contribution in [1.82, 2.24) is 25.4 Å². The first kappa shape index (κ1) is 15.7. The number of aryl methyl sites for hydroxylation is 1. The molecule has 1 aliphatic heterocycles. The first-order valence-corrected chi connectivity index (χ1v) is 8.08. The highest BCUT2D eigenvalue weighted by Gasteiger charge is 2.17. The van der Waals surface area contributed by atoms with Crippen LogP contribution in [0.1, 0.15) is 42.4 Å². The minimum Gasteiger partial charge on any atom is -0.348 e. The molecule has 2 aromatic heterocycles. The normalized spacial score (nSPS) is 15.0. The SMILES string of the molecule is Cc1cc(C(=O)NCC2=CCNCC2)c2cnn(C(C)C)c2n1. The van der Waals surface area contributed by atoms with E-state index in [9.17, 15) is 4.79 Å². The molecule has 23 heavy (non-hydrogen) atoms. The lowest BCUT2D eigenvalue weighted by Gasteiger charge is -2.15. The molecule has 0 bridgehead atoms. The average Bonchev–Trinajstić information content (AvgIpc) is 2.96. The largest absolute Gasteiger partial charge is 0.348 e. The van der Waals surface area contributed by atoms with E-state index in [-0.39, 0.29) is 11.9 Å². The second-order valence-electron chi connectivity index (χ2n) is 6.23. The van der Waals surface area contributed by atoms with Gasteiger partial charge >= 0.3 is 0 Å². The molecule has 2 aromatic rings. The molecule has 2 N–H and O–H groups in total. The van der Waals surface area contributed by atoms with Gasteiger partial charge in [0.1, 0.15) is 0 Å². The first-order valence-electron chi connectivity index (χ1n) is 8.08. The zero-order valence-electron chi connectivity index (χ0n) is 13.9. The number of fused-ring (bicyclic) bond motifs is 1. The van der Waals surface area contributed by atoms with E-state index < -0.39 is 0 Å². The summed E-state index contributed by atoms with van der Waals surface area (Å²) in [6.07, 6.45) is 4.87. The van der Waals surface area contributed by atoms with Crippen LogP contribution in [0.25, 0.3) is 11.0 Å². The zero-order valence-corrected chi connectivity index (χ0v) is 13.9. The third kappa shape index (κ3) is 3.27. The number of pyridine rings is 1. The Bertz CT molecular complexity index is 760. The van der Waals surface area contributed by atoms with Crippen LogP contribution >= 0.6 is 0 Å². The van der Waals surface area contributed by atoms with Crippen LogP contribution in [-0.4, -0.2) is 40.3 Å². The lowest BCUT2D eigenvalue weighted by atomic mass is 10.1. The summed E-state index contributed by atoms with van der Waals surface area (Å²) in [5.74, 6) is -0.0664. The Hall–Kier alpha value is -2.21. The monoisotopic (exact) mass is 313 g/mol. The molecule has 0 aromatic carbocycles. The predicted molar refractivity (Wildman–Crippen MR) is 90.6 cm³/mol. The number of nitrogens with one attached hydrogen (secondary N) is 2. The van der Waals surface area contributed by atoms with Gasteiger partial charge in [-0.05, 0) is 39.8 Å². The summed E-state index contributed by atoms with van der Waals surface area (Å²) in [5, 5.41) is 11.5. The van der Waals surface area contributed by atoms with Crippen LogP contribution in [0.3, 0.4) is 0 Å². The molecule has 122 valence electrons.